The molecule has 0 heterocycles. The summed E-state index contributed by atoms with van der Waals surface area (Å²) in [6.07, 6.45) is 7.55. The fourth-order valence-corrected chi connectivity index (χ4v) is 5.07. The number of allylic oxidation sites excluding steroid dienone is 1. The zero-order chi connectivity index (χ0) is 12.9. The van der Waals surface area contributed by atoms with Gasteiger partial charge in [-0.1, -0.05) is 18.1 Å². The molecule has 0 radical (unpaired) electrons. The third kappa shape index (κ3) is 1.76. The highest BCUT2D eigenvalue weighted by Crippen LogP contribution is 2.57. The molecule has 2 fully saturated rings. The van der Waals surface area contributed by atoms with Crippen molar-refractivity contribution >= 4 is 27.9 Å². The molecule has 3 aliphatic carbocycles. The topological polar surface area (TPSA) is 23.6 Å². The van der Waals surface area contributed by atoms with E-state index in [4.69, 9.17) is 10.7 Å². The quantitative estimate of drug-likeness (QED) is 0.573. The van der Waals surface area contributed by atoms with E-state index in [2.05, 4.69) is 6.08 Å². The van der Waals surface area contributed by atoms with Gasteiger partial charge in [0, 0.05) is 14.1 Å². The number of amides is 2. The summed E-state index contributed by atoms with van der Waals surface area (Å²) in [5.74, 6) is 2.24. The zero-order valence-corrected chi connectivity index (χ0v) is 12.4. The SMILES string of the molecule is CN(C)C(=O)N(SCl)C1C=C2CC1C1CCCC21. The molecule has 3 rings (SSSR count). The zero-order valence-electron chi connectivity index (χ0n) is 10.8. The summed E-state index contributed by atoms with van der Waals surface area (Å²) in [7, 11) is 9.49. The number of carbonyl (C=O) groups is 1. The number of fused-ring (bicyclic) bond motifs is 5. The van der Waals surface area contributed by atoms with Crippen LogP contribution in [0.2, 0.25) is 0 Å². The van der Waals surface area contributed by atoms with E-state index in [-0.39, 0.29) is 12.1 Å². The smallest absolute Gasteiger partial charge is 0.330 e. The van der Waals surface area contributed by atoms with Gasteiger partial charge in [-0.2, -0.15) is 0 Å². The van der Waals surface area contributed by atoms with Gasteiger partial charge in [0.05, 0.1) is 17.2 Å². The minimum atomic E-state index is -0.000975. The number of hydrogen-bond donors (Lipinski definition) is 0. The Morgan fingerprint density at radius 3 is 2.83 bits per heavy atom. The lowest BCUT2D eigenvalue weighted by Crippen LogP contribution is -2.44. The minimum absolute atomic E-state index is 0.000975. The molecule has 2 amide bonds. The molecule has 2 saturated carbocycles. The van der Waals surface area contributed by atoms with Crippen LogP contribution in [0, 0.1) is 17.8 Å². The first kappa shape index (κ1) is 12.7. The first-order valence-electron chi connectivity index (χ1n) is 6.63. The lowest BCUT2D eigenvalue weighted by atomic mass is 9.83. The van der Waals surface area contributed by atoms with E-state index in [1.165, 1.54) is 25.7 Å². The standard InChI is InChI=1S/C13H19ClN2OS/c1-15(2)13(17)16(18-14)12-7-8-6-11(12)10-5-3-4-9(8)10/h7,9-12H,3-6H2,1-2H3. The van der Waals surface area contributed by atoms with E-state index in [1.54, 1.807) is 28.9 Å². The lowest BCUT2D eigenvalue weighted by molar-refractivity contribution is 0.177. The second kappa shape index (κ2) is 4.64. The average Bonchev–Trinajstić information content (AvgIpc) is 3.01. The van der Waals surface area contributed by atoms with Crippen LogP contribution in [0.1, 0.15) is 25.7 Å². The molecular weight excluding hydrogens is 268 g/mol. The van der Waals surface area contributed by atoms with Crippen molar-refractivity contribution in [1.82, 2.24) is 9.21 Å². The Kier molecular flexibility index (Phi) is 3.27. The van der Waals surface area contributed by atoms with E-state index in [9.17, 15) is 4.79 Å². The van der Waals surface area contributed by atoms with Gasteiger partial charge in [0.2, 0.25) is 0 Å². The maximum Gasteiger partial charge on any atom is 0.330 e. The van der Waals surface area contributed by atoms with Gasteiger partial charge >= 0.3 is 6.03 Å². The predicted molar refractivity (Wildman–Crippen MR) is 75.2 cm³/mol. The largest absolute Gasteiger partial charge is 0.330 e. The first-order valence-corrected chi connectivity index (χ1v) is 8.23. The Bertz CT molecular complexity index is 398. The summed E-state index contributed by atoms with van der Waals surface area (Å²) in [6, 6.07) is 0.204. The van der Waals surface area contributed by atoms with Crippen LogP contribution in [0.3, 0.4) is 0 Å². The number of urea groups is 1. The van der Waals surface area contributed by atoms with E-state index < -0.39 is 0 Å². The van der Waals surface area contributed by atoms with E-state index >= 15 is 0 Å². The van der Waals surface area contributed by atoms with Gasteiger partial charge in [-0.15, -0.1) is 0 Å². The number of hydrogen-bond acceptors (Lipinski definition) is 2. The third-order valence-corrected chi connectivity index (χ3v) is 5.80. The highest BCUT2D eigenvalue weighted by molar-refractivity contribution is 8.19. The molecule has 3 nitrogen and oxygen atoms in total. The molecule has 100 valence electrons. The van der Waals surface area contributed by atoms with Gasteiger partial charge < -0.3 is 4.90 Å². The highest BCUT2D eigenvalue weighted by Gasteiger charge is 2.51. The summed E-state index contributed by atoms with van der Waals surface area (Å²) >= 11 is 1.05. The van der Waals surface area contributed by atoms with Crippen molar-refractivity contribution in [2.75, 3.05) is 14.1 Å². The summed E-state index contributed by atoms with van der Waals surface area (Å²) < 4.78 is 1.74. The molecule has 0 aliphatic heterocycles. The monoisotopic (exact) mass is 286 g/mol. The van der Waals surface area contributed by atoms with Crippen LogP contribution >= 0.6 is 21.8 Å². The number of halogens is 1. The van der Waals surface area contributed by atoms with Crippen LogP contribution in [-0.4, -0.2) is 35.4 Å². The van der Waals surface area contributed by atoms with Gasteiger partial charge in [-0.3, -0.25) is 0 Å². The highest BCUT2D eigenvalue weighted by atomic mass is 35.7. The van der Waals surface area contributed by atoms with Crippen molar-refractivity contribution in [3.8, 4) is 0 Å². The maximum absolute atomic E-state index is 12.1. The van der Waals surface area contributed by atoms with Gasteiger partial charge in [0.15, 0.2) is 0 Å². The Balaban J connectivity index is 1.82. The van der Waals surface area contributed by atoms with E-state index in [0.717, 1.165) is 23.0 Å². The fourth-order valence-electron chi connectivity index (χ4n) is 4.09. The van der Waals surface area contributed by atoms with Crippen molar-refractivity contribution in [1.29, 1.82) is 0 Å². The van der Waals surface area contributed by atoms with Crippen molar-refractivity contribution in [2.24, 2.45) is 17.8 Å². The number of rotatable bonds is 2. The summed E-state index contributed by atoms with van der Waals surface area (Å²) in [5.41, 5.74) is 1.59. The molecule has 0 aromatic carbocycles. The number of carbonyl (C=O) groups excluding carboxylic acids is 1. The van der Waals surface area contributed by atoms with Gasteiger partial charge in [0.25, 0.3) is 0 Å². The van der Waals surface area contributed by atoms with E-state index in [1.807, 2.05) is 0 Å². The lowest BCUT2D eigenvalue weighted by Gasteiger charge is -2.35. The molecule has 3 aliphatic rings. The van der Waals surface area contributed by atoms with Gasteiger partial charge in [-0.05, 0) is 47.7 Å². The predicted octanol–water partition coefficient (Wildman–Crippen LogP) is 3.52. The van der Waals surface area contributed by atoms with Crippen LogP contribution in [0.15, 0.2) is 11.6 Å². The summed E-state index contributed by atoms with van der Waals surface area (Å²) in [6.45, 7) is 0. The second-order valence-electron chi connectivity index (χ2n) is 5.87. The average molecular weight is 287 g/mol. The third-order valence-electron chi connectivity index (χ3n) is 4.81. The Labute approximate surface area is 117 Å². The van der Waals surface area contributed by atoms with Crippen molar-refractivity contribution in [2.45, 2.75) is 31.7 Å². The van der Waals surface area contributed by atoms with E-state index in [0.29, 0.717) is 5.92 Å². The molecule has 4 unspecified atom stereocenters. The van der Waals surface area contributed by atoms with Crippen LogP contribution in [0.25, 0.3) is 0 Å². The Hall–Kier alpha value is -0.350. The molecule has 4 atom stereocenters. The van der Waals surface area contributed by atoms with Crippen LogP contribution in [0.5, 0.6) is 0 Å². The van der Waals surface area contributed by atoms with Crippen molar-refractivity contribution in [3.05, 3.63) is 11.6 Å². The molecule has 0 aromatic heterocycles. The molecule has 18 heavy (non-hydrogen) atoms. The summed E-state index contributed by atoms with van der Waals surface area (Å²) in [4.78, 5) is 13.8. The molecule has 0 saturated heterocycles. The minimum Gasteiger partial charge on any atom is -0.330 e. The van der Waals surface area contributed by atoms with Crippen LogP contribution < -0.4 is 0 Å². The van der Waals surface area contributed by atoms with Crippen molar-refractivity contribution < 1.29 is 4.79 Å². The Morgan fingerprint density at radius 1 is 1.39 bits per heavy atom. The number of nitrogens with zero attached hydrogens (tertiary/aromatic N) is 2. The molecule has 0 aromatic rings. The molecule has 0 N–H and O–H groups in total. The van der Waals surface area contributed by atoms with Crippen LogP contribution in [0.4, 0.5) is 4.79 Å². The first-order chi connectivity index (χ1) is 8.63. The molecular formula is C13H19ClN2OS. The Morgan fingerprint density at radius 2 is 2.17 bits per heavy atom. The maximum atomic E-state index is 12.1. The second-order valence-corrected chi connectivity index (χ2v) is 6.82. The fraction of sp³-hybridized carbons (Fsp3) is 0.769. The molecule has 0 spiro atoms. The van der Waals surface area contributed by atoms with Gasteiger partial charge in [0.1, 0.15) is 0 Å². The van der Waals surface area contributed by atoms with Crippen molar-refractivity contribution in [3.63, 3.8) is 0 Å². The van der Waals surface area contributed by atoms with Crippen LogP contribution in [-0.2, 0) is 0 Å². The molecule has 2 bridgehead atoms. The van der Waals surface area contributed by atoms with Gasteiger partial charge in [-0.25, -0.2) is 9.10 Å². The molecule has 5 heteroatoms. The summed E-state index contributed by atoms with van der Waals surface area (Å²) in [5, 5.41) is 0. The normalized spacial score (nSPS) is 36.5.